The number of unbranched alkanes of at least 4 members (excludes halogenated alkanes) is 2. The van der Waals surface area contributed by atoms with Gasteiger partial charge in [-0.1, -0.05) is 43.2 Å². The summed E-state index contributed by atoms with van der Waals surface area (Å²) in [5.74, 6) is -0.365. The molecule has 0 atom stereocenters. The Hall–Kier alpha value is -5.08. The van der Waals surface area contributed by atoms with Gasteiger partial charge in [0.1, 0.15) is 12.3 Å². The molecule has 0 unspecified atom stereocenters. The van der Waals surface area contributed by atoms with Crippen LogP contribution in [0.1, 0.15) is 87.1 Å². The van der Waals surface area contributed by atoms with E-state index >= 15 is 0 Å². The van der Waals surface area contributed by atoms with Crippen LogP contribution in [0, 0.1) is 16.0 Å². The zero-order chi connectivity index (χ0) is 38.2. The molecule has 0 aliphatic heterocycles. The van der Waals surface area contributed by atoms with Gasteiger partial charge in [0.05, 0.1) is 38.1 Å². The predicted octanol–water partition coefficient (Wildman–Crippen LogP) is 7.83. The molecule has 1 amide bonds. The number of benzene rings is 2. The highest BCUT2D eigenvalue weighted by Gasteiger charge is 2.30. The van der Waals surface area contributed by atoms with E-state index in [-0.39, 0.29) is 48.5 Å². The number of nitrogens with zero attached hydrogens (tertiary/aromatic N) is 1. The number of methoxy groups -OCH3 is 1. The molecule has 1 saturated carbocycles. The van der Waals surface area contributed by atoms with E-state index < -0.39 is 28.8 Å². The van der Waals surface area contributed by atoms with Gasteiger partial charge in [0, 0.05) is 6.42 Å². The zero-order valence-corrected chi connectivity index (χ0v) is 29.5. The number of hydrogen-bond donors (Lipinski definition) is 1. The van der Waals surface area contributed by atoms with E-state index in [0.717, 1.165) is 25.0 Å². The number of rotatable bonds is 20. The van der Waals surface area contributed by atoms with E-state index in [9.17, 15) is 37.7 Å². The Morgan fingerprint density at radius 3 is 2.40 bits per heavy atom. The SMILES string of the molecule is C/C=C\CCCC(=O)NCC(=O)Oc1ccc(C(=O)OCCCCO[N+](=O)[O-])cc1OC.FC(F)(F)c1cccc(OCC/C=C/C2CCCC2)c1. The monoisotopic (exact) mass is 736 g/mol. The van der Waals surface area contributed by atoms with Crippen LogP contribution in [0.2, 0.25) is 0 Å². The van der Waals surface area contributed by atoms with Crippen molar-refractivity contribution in [1.82, 2.24) is 5.32 Å². The molecule has 0 aromatic heterocycles. The second-order valence-electron chi connectivity index (χ2n) is 11.6. The van der Waals surface area contributed by atoms with Crippen LogP contribution in [0.3, 0.4) is 0 Å². The third-order valence-electron chi connectivity index (χ3n) is 7.55. The Bertz CT molecular complexity index is 1470. The van der Waals surface area contributed by atoms with Crippen molar-refractivity contribution in [3.63, 3.8) is 0 Å². The quantitative estimate of drug-likeness (QED) is 0.0356. The number of carbonyl (C=O) groups excluding carboxylic acids is 3. The van der Waals surface area contributed by atoms with E-state index in [0.29, 0.717) is 38.2 Å². The maximum Gasteiger partial charge on any atom is 0.416 e. The highest BCUT2D eigenvalue weighted by Crippen LogP contribution is 2.31. The third kappa shape index (κ3) is 18.2. The number of esters is 2. The fourth-order valence-corrected chi connectivity index (χ4v) is 4.88. The maximum absolute atomic E-state index is 12.5. The van der Waals surface area contributed by atoms with Gasteiger partial charge < -0.3 is 29.1 Å². The van der Waals surface area contributed by atoms with Crippen molar-refractivity contribution >= 4 is 17.8 Å². The highest BCUT2D eigenvalue weighted by molar-refractivity contribution is 5.90. The average molecular weight is 737 g/mol. The first-order chi connectivity index (χ1) is 24.9. The number of alkyl halides is 3. The minimum Gasteiger partial charge on any atom is -0.493 e. The first-order valence-electron chi connectivity index (χ1n) is 17.1. The van der Waals surface area contributed by atoms with Crippen molar-refractivity contribution < 1.29 is 56.4 Å². The molecular formula is C37H47F3N2O10. The van der Waals surface area contributed by atoms with Crippen LogP contribution in [0.5, 0.6) is 17.2 Å². The van der Waals surface area contributed by atoms with Gasteiger partial charge in [-0.2, -0.15) is 13.2 Å². The Morgan fingerprint density at radius 2 is 1.71 bits per heavy atom. The standard InChI is InChI=1S/C21H28N2O9.C16H19F3O/c1-3-4-5-6-9-19(24)22-15-20(25)32-17-11-10-16(14-18(17)29-2)21(26)30-12-7-8-13-31-23(27)28;17-16(18,19)14-9-5-10-15(12-14)20-11-4-3-8-13-6-1-2-7-13/h3-4,10-11,14H,5-9,12-13,15H2,1-2H3,(H,22,24);3,5,8-10,12-13H,1-2,4,6-7,11H2/b4-3-;8-3+. The van der Waals surface area contributed by atoms with E-state index in [1.807, 2.05) is 19.1 Å². The van der Waals surface area contributed by atoms with Crippen LogP contribution in [-0.2, 0) is 25.3 Å². The molecule has 0 radical (unpaired) electrons. The zero-order valence-electron chi connectivity index (χ0n) is 29.5. The minimum atomic E-state index is -4.32. The summed E-state index contributed by atoms with van der Waals surface area (Å²) in [5, 5.41) is 11.6. The molecule has 1 aliphatic carbocycles. The lowest BCUT2D eigenvalue weighted by Gasteiger charge is -2.11. The van der Waals surface area contributed by atoms with E-state index in [2.05, 4.69) is 22.3 Å². The van der Waals surface area contributed by atoms with E-state index in [4.69, 9.17) is 18.9 Å². The normalized spacial score (nSPS) is 12.9. The second-order valence-corrected chi connectivity index (χ2v) is 11.6. The molecule has 0 saturated heterocycles. The summed E-state index contributed by atoms with van der Waals surface area (Å²) >= 11 is 0. The Labute approximate surface area is 301 Å². The lowest BCUT2D eigenvalue weighted by Crippen LogP contribution is -2.31. The van der Waals surface area contributed by atoms with Crippen LogP contribution in [0.15, 0.2) is 66.8 Å². The number of halogens is 3. The van der Waals surface area contributed by atoms with Gasteiger partial charge in [-0.25, -0.2) is 9.59 Å². The van der Waals surface area contributed by atoms with Crippen LogP contribution >= 0.6 is 0 Å². The van der Waals surface area contributed by atoms with Crippen molar-refractivity contribution in [2.24, 2.45) is 5.92 Å². The Balaban J connectivity index is 0.000000399. The number of nitrogens with one attached hydrogen (secondary N) is 1. The fraction of sp³-hybridized carbons (Fsp3) is 0.486. The number of hydrogen-bond acceptors (Lipinski definition) is 10. The van der Waals surface area contributed by atoms with Gasteiger partial charge in [0.15, 0.2) is 11.5 Å². The van der Waals surface area contributed by atoms with Crippen LogP contribution < -0.4 is 19.5 Å². The van der Waals surface area contributed by atoms with Gasteiger partial charge in [-0.05, 0) is 94.2 Å². The summed E-state index contributed by atoms with van der Waals surface area (Å²) in [6, 6.07) is 9.16. The first-order valence-corrected chi connectivity index (χ1v) is 17.1. The molecular weight excluding hydrogens is 689 g/mol. The topological polar surface area (TPSA) is 153 Å². The van der Waals surface area contributed by atoms with Gasteiger partial charge in [-0.15, -0.1) is 10.1 Å². The molecule has 3 rings (SSSR count). The van der Waals surface area contributed by atoms with Crippen LogP contribution in [0.4, 0.5) is 13.2 Å². The summed E-state index contributed by atoms with van der Waals surface area (Å²) < 4.78 is 58.4. The molecule has 2 aromatic carbocycles. The van der Waals surface area contributed by atoms with Gasteiger partial charge in [-0.3, -0.25) is 4.79 Å². The predicted molar refractivity (Wildman–Crippen MR) is 185 cm³/mol. The molecule has 1 aliphatic rings. The summed E-state index contributed by atoms with van der Waals surface area (Å²) in [7, 11) is 1.35. The van der Waals surface area contributed by atoms with Gasteiger partial charge in [0.25, 0.3) is 5.09 Å². The van der Waals surface area contributed by atoms with Gasteiger partial charge >= 0.3 is 18.1 Å². The van der Waals surface area contributed by atoms with Crippen molar-refractivity contribution in [3.8, 4) is 17.2 Å². The largest absolute Gasteiger partial charge is 0.493 e. The number of carbonyl (C=O) groups is 3. The van der Waals surface area contributed by atoms with Crippen molar-refractivity contribution in [1.29, 1.82) is 0 Å². The molecule has 15 heteroatoms. The minimum absolute atomic E-state index is 0.0629. The maximum atomic E-state index is 12.5. The molecule has 1 fully saturated rings. The smallest absolute Gasteiger partial charge is 0.416 e. The highest BCUT2D eigenvalue weighted by atomic mass is 19.4. The van der Waals surface area contributed by atoms with E-state index in [1.54, 1.807) is 6.07 Å². The number of allylic oxidation sites excluding steroid dienone is 3. The average Bonchev–Trinajstić information content (AvgIpc) is 3.64. The molecule has 286 valence electrons. The van der Waals surface area contributed by atoms with Crippen molar-refractivity contribution in [2.45, 2.75) is 77.3 Å². The Morgan fingerprint density at radius 1 is 0.962 bits per heavy atom. The second kappa shape index (κ2) is 24.2. The number of ether oxygens (including phenoxy) is 4. The molecule has 12 nitrogen and oxygen atoms in total. The fourth-order valence-electron chi connectivity index (χ4n) is 4.88. The van der Waals surface area contributed by atoms with Crippen molar-refractivity contribution in [3.05, 3.63) is 88.0 Å². The van der Waals surface area contributed by atoms with Crippen molar-refractivity contribution in [2.75, 3.05) is 33.5 Å². The van der Waals surface area contributed by atoms with Crippen LogP contribution in [-0.4, -0.2) is 56.4 Å². The summed E-state index contributed by atoms with van der Waals surface area (Å²) in [6.07, 6.45) is 12.2. The van der Waals surface area contributed by atoms with Gasteiger partial charge in [0.2, 0.25) is 5.91 Å². The molecule has 0 bridgehead atoms. The van der Waals surface area contributed by atoms with Crippen LogP contribution in [0.25, 0.3) is 0 Å². The number of amides is 1. The summed E-state index contributed by atoms with van der Waals surface area (Å²) in [6.45, 7) is 2.00. The summed E-state index contributed by atoms with van der Waals surface area (Å²) in [5.41, 5.74) is -0.492. The molecule has 1 N–H and O–H groups in total. The molecule has 52 heavy (non-hydrogen) atoms. The van der Waals surface area contributed by atoms with E-state index in [1.165, 1.54) is 57.1 Å². The molecule has 0 heterocycles. The Kier molecular flexibility index (Phi) is 20.0. The summed E-state index contributed by atoms with van der Waals surface area (Å²) in [4.78, 5) is 50.0. The first kappa shape index (κ1) is 43.1. The lowest BCUT2D eigenvalue weighted by atomic mass is 10.1. The lowest BCUT2D eigenvalue weighted by molar-refractivity contribution is -0.757. The molecule has 2 aromatic rings. The third-order valence-corrected chi connectivity index (χ3v) is 7.55. The molecule has 0 spiro atoms.